The summed E-state index contributed by atoms with van der Waals surface area (Å²) >= 11 is 3.21. The fourth-order valence-corrected chi connectivity index (χ4v) is 1.58. The predicted octanol–water partition coefficient (Wildman–Crippen LogP) is 1.98. The molecule has 5 heteroatoms. The Kier molecular flexibility index (Phi) is 4.65. The Morgan fingerprint density at radius 2 is 2.24 bits per heavy atom. The minimum Gasteiger partial charge on any atom is -0.391 e. The van der Waals surface area contributed by atoms with Crippen molar-refractivity contribution < 1.29 is 9.90 Å². The maximum atomic E-state index is 11.8. The molecule has 4 nitrogen and oxygen atoms in total. The summed E-state index contributed by atoms with van der Waals surface area (Å²) in [5, 5.41) is 12.5. The van der Waals surface area contributed by atoms with Crippen molar-refractivity contribution in [2.24, 2.45) is 5.41 Å². The normalized spacial score (nSPS) is 13.2. The molecule has 0 fully saturated rings. The van der Waals surface area contributed by atoms with Crippen LogP contribution in [0.2, 0.25) is 0 Å². The van der Waals surface area contributed by atoms with Crippen LogP contribution in [0.15, 0.2) is 22.9 Å². The van der Waals surface area contributed by atoms with E-state index >= 15 is 0 Å². The molecule has 1 unspecified atom stereocenters. The summed E-state index contributed by atoms with van der Waals surface area (Å²) in [7, 11) is 0. The third-order valence-electron chi connectivity index (χ3n) is 2.46. The van der Waals surface area contributed by atoms with Gasteiger partial charge in [-0.3, -0.25) is 4.79 Å². The van der Waals surface area contributed by atoms with E-state index in [1.165, 1.54) is 0 Å². The molecule has 17 heavy (non-hydrogen) atoms. The molecule has 0 saturated heterocycles. The maximum Gasteiger partial charge on any atom is 0.254 e. The average molecular weight is 301 g/mol. The highest BCUT2D eigenvalue weighted by Crippen LogP contribution is 2.18. The summed E-state index contributed by atoms with van der Waals surface area (Å²) in [4.78, 5) is 15.8. The van der Waals surface area contributed by atoms with Crippen molar-refractivity contribution >= 4 is 21.8 Å². The number of nitrogens with zero attached hydrogens (tertiary/aromatic N) is 1. The number of rotatable bonds is 3. The second-order valence-electron chi connectivity index (χ2n) is 4.93. The predicted molar refractivity (Wildman–Crippen MR) is 69.7 cm³/mol. The average Bonchev–Trinajstić information content (AvgIpc) is 2.24. The Hall–Kier alpha value is -0.940. The second-order valence-corrected chi connectivity index (χ2v) is 5.68. The van der Waals surface area contributed by atoms with Crippen LogP contribution in [-0.2, 0) is 0 Å². The monoisotopic (exact) mass is 300 g/mol. The van der Waals surface area contributed by atoms with Gasteiger partial charge in [0.25, 0.3) is 5.91 Å². The molecule has 0 saturated carbocycles. The first-order valence-corrected chi connectivity index (χ1v) is 6.18. The molecule has 1 amide bonds. The fraction of sp³-hybridized carbons (Fsp3) is 0.500. The molecule has 0 radical (unpaired) electrons. The molecule has 1 atom stereocenters. The van der Waals surface area contributed by atoms with E-state index in [-0.39, 0.29) is 17.9 Å². The van der Waals surface area contributed by atoms with Gasteiger partial charge in [0.2, 0.25) is 0 Å². The van der Waals surface area contributed by atoms with Gasteiger partial charge in [0, 0.05) is 12.7 Å². The van der Waals surface area contributed by atoms with Crippen LogP contribution in [0.4, 0.5) is 0 Å². The zero-order valence-corrected chi connectivity index (χ0v) is 11.8. The molecule has 1 aromatic heterocycles. The number of aliphatic hydroxyl groups is 1. The molecule has 0 aliphatic heterocycles. The van der Waals surface area contributed by atoms with Crippen LogP contribution in [0.5, 0.6) is 0 Å². The number of hydrogen-bond donors (Lipinski definition) is 2. The van der Waals surface area contributed by atoms with E-state index in [4.69, 9.17) is 0 Å². The Labute approximate surface area is 110 Å². The Morgan fingerprint density at radius 1 is 1.59 bits per heavy atom. The number of aromatic nitrogens is 1. The molecule has 0 aliphatic rings. The molecule has 0 bridgehead atoms. The number of carbonyl (C=O) groups is 1. The molecule has 0 spiro atoms. The lowest BCUT2D eigenvalue weighted by Crippen LogP contribution is -2.39. The fourth-order valence-electron chi connectivity index (χ4n) is 1.15. The molecule has 0 aliphatic carbocycles. The summed E-state index contributed by atoms with van der Waals surface area (Å²) in [5.41, 5.74) is 0.216. The van der Waals surface area contributed by atoms with Crippen molar-refractivity contribution in [1.82, 2.24) is 10.3 Å². The summed E-state index contributed by atoms with van der Waals surface area (Å²) < 4.78 is 0.503. The number of carbonyl (C=O) groups excluding carboxylic acids is 1. The van der Waals surface area contributed by atoms with Gasteiger partial charge in [0.05, 0.1) is 11.7 Å². The smallest absolute Gasteiger partial charge is 0.254 e. The van der Waals surface area contributed by atoms with Crippen molar-refractivity contribution in [2.75, 3.05) is 6.54 Å². The molecule has 0 aromatic carbocycles. The number of nitrogens with one attached hydrogen (secondary N) is 1. The zero-order chi connectivity index (χ0) is 13.1. The van der Waals surface area contributed by atoms with Gasteiger partial charge < -0.3 is 10.4 Å². The van der Waals surface area contributed by atoms with E-state index in [1.54, 1.807) is 18.3 Å². The van der Waals surface area contributed by atoms with E-state index in [2.05, 4.69) is 26.2 Å². The first kappa shape index (κ1) is 14.1. The van der Waals surface area contributed by atoms with Gasteiger partial charge in [-0.05, 0) is 33.5 Å². The minimum absolute atomic E-state index is 0.226. The van der Waals surface area contributed by atoms with Crippen molar-refractivity contribution in [3.8, 4) is 0 Å². The lowest BCUT2D eigenvalue weighted by Gasteiger charge is -2.25. The molecule has 1 rings (SSSR count). The van der Waals surface area contributed by atoms with Gasteiger partial charge in [-0.1, -0.05) is 20.8 Å². The largest absolute Gasteiger partial charge is 0.391 e. The second kappa shape index (κ2) is 5.60. The molecular formula is C12H17BrN2O2. The Morgan fingerprint density at radius 3 is 2.76 bits per heavy atom. The summed E-state index contributed by atoms with van der Waals surface area (Å²) in [6.45, 7) is 5.99. The first-order chi connectivity index (χ1) is 7.82. The molecule has 2 N–H and O–H groups in total. The first-order valence-electron chi connectivity index (χ1n) is 5.39. The molecule has 94 valence electrons. The van der Waals surface area contributed by atoms with Crippen molar-refractivity contribution in [3.63, 3.8) is 0 Å². The van der Waals surface area contributed by atoms with Crippen LogP contribution in [0, 0.1) is 5.41 Å². The van der Waals surface area contributed by atoms with E-state index in [0.29, 0.717) is 10.2 Å². The van der Waals surface area contributed by atoms with E-state index in [1.807, 2.05) is 20.8 Å². The maximum absolute atomic E-state index is 11.8. The summed E-state index contributed by atoms with van der Waals surface area (Å²) in [6, 6.07) is 3.37. The van der Waals surface area contributed by atoms with E-state index in [9.17, 15) is 9.90 Å². The van der Waals surface area contributed by atoms with Gasteiger partial charge in [0.15, 0.2) is 0 Å². The van der Waals surface area contributed by atoms with Gasteiger partial charge in [-0.15, -0.1) is 0 Å². The topological polar surface area (TPSA) is 62.2 Å². The third-order valence-corrected chi connectivity index (χ3v) is 3.09. The van der Waals surface area contributed by atoms with Gasteiger partial charge in [0.1, 0.15) is 4.60 Å². The van der Waals surface area contributed by atoms with Crippen LogP contribution in [0.25, 0.3) is 0 Å². The number of amides is 1. The van der Waals surface area contributed by atoms with Gasteiger partial charge in [-0.2, -0.15) is 0 Å². The number of hydrogen-bond acceptors (Lipinski definition) is 3. The van der Waals surface area contributed by atoms with Crippen molar-refractivity contribution in [1.29, 1.82) is 0 Å². The highest BCUT2D eigenvalue weighted by molar-refractivity contribution is 9.10. The van der Waals surface area contributed by atoms with Crippen LogP contribution < -0.4 is 5.32 Å². The van der Waals surface area contributed by atoms with Crippen molar-refractivity contribution in [2.45, 2.75) is 26.9 Å². The van der Waals surface area contributed by atoms with E-state index < -0.39 is 6.10 Å². The van der Waals surface area contributed by atoms with Crippen LogP contribution in [0.3, 0.4) is 0 Å². The Bertz CT molecular complexity index is 402. The lowest BCUT2D eigenvalue weighted by molar-refractivity contribution is 0.0586. The highest BCUT2D eigenvalue weighted by Gasteiger charge is 2.22. The molecular weight excluding hydrogens is 284 g/mol. The number of pyridine rings is 1. The van der Waals surface area contributed by atoms with Crippen LogP contribution in [0.1, 0.15) is 31.1 Å². The molecule has 1 aromatic rings. The number of aliphatic hydroxyl groups excluding tert-OH is 1. The minimum atomic E-state index is -0.582. The third kappa shape index (κ3) is 4.09. The quantitative estimate of drug-likeness (QED) is 0.839. The van der Waals surface area contributed by atoms with Crippen LogP contribution >= 0.6 is 15.9 Å². The van der Waals surface area contributed by atoms with Crippen LogP contribution in [-0.4, -0.2) is 28.6 Å². The highest BCUT2D eigenvalue weighted by atomic mass is 79.9. The standard InChI is InChI=1S/C12H17BrN2O2/c1-12(2,3)9(16)7-15-11(17)8-5-4-6-14-10(8)13/h4-6,9,16H,7H2,1-3H3,(H,15,17). The lowest BCUT2D eigenvalue weighted by atomic mass is 9.89. The van der Waals surface area contributed by atoms with Gasteiger partial charge >= 0.3 is 0 Å². The SMILES string of the molecule is CC(C)(C)C(O)CNC(=O)c1cccnc1Br. The van der Waals surface area contributed by atoms with Crippen molar-refractivity contribution in [3.05, 3.63) is 28.5 Å². The van der Waals surface area contributed by atoms with E-state index in [0.717, 1.165) is 0 Å². The summed E-state index contributed by atoms with van der Waals surface area (Å²) in [5.74, 6) is -0.242. The Balaban J connectivity index is 2.60. The van der Waals surface area contributed by atoms with Gasteiger partial charge in [-0.25, -0.2) is 4.98 Å². The number of halogens is 1. The zero-order valence-electron chi connectivity index (χ0n) is 10.2. The summed E-state index contributed by atoms with van der Waals surface area (Å²) in [6.07, 6.45) is 1.02. The molecule has 1 heterocycles.